The SMILES string of the molecule is OC1(Cc2ccc(F)cc2)CC2COCC(C1)N2Cc1ccccc1. The van der Waals surface area contributed by atoms with Gasteiger partial charge in [0.25, 0.3) is 0 Å². The van der Waals surface area contributed by atoms with E-state index in [0.717, 1.165) is 12.1 Å². The number of hydrogen-bond acceptors (Lipinski definition) is 3. The molecule has 1 N–H and O–H groups in total. The highest BCUT2D eigenvalue weighted by Gasteiger charge is 2.45. The molecule has 2 atom stereocenters. The number of nitrogens with zero attached hydrogens (tertiary/aromatic N) is 1. The first-order valence-electron chi connectivity index (χ1n) is 8.96. The second-order valence-electron chi connectivity index (χ2n) is 7.44. The number of benzene rings is 2. The van der Waals surface area contributed by atoms with Gasteiger partial charge in [-0.2, -0.15) is 0 Å². The van der Waals surface area contributed by atoms with Crippen molar-refractivity contribution in [2.45, 2.75) is 43.5 Å². The first-order chi connectivity index (χ1) is 12.1. The molecule has 4 rings (SSSR count). The number of piperidine rings is 1. The molecular weight excluding hydrogens is 317 g/mol. The molecule has 0 spiro atoms. The summed E-state index contributed by atoms with van der Waals surface area (Å²) in [6, 6.07) is 17.4. The topological polar surface area (TPSA) is 32.7 Å². The third-order valence-corrected chi connectivity index (χ3v) is 5.44. The van der Waals surface area contributed by atoms with Crippen molar-refractivity contribution in [1.29, 1.82) is 0 Å². The van der Waals surface area contributed by atoms with E-state index >= 15 is 0 Å². The highest BCUT2D eigenvalue weighted by Crippen LogP contribution is 2.37. The minimum Gasteiger partial charge on any atom is -0.389 e. The van der Waals surface area contributed by atoms with Crippen LogP contribution in [0.2, 0.25) is 0 Å². The minimum atomic E-state index is -0.746. The zero-order valence-corrected chi connectivity index (χ0v) is 14.3. The highest BCUT2D eigenvalue weighted by molar-refractivity contribution is 5.20. The summed E-state index contributed by atoms with van der Waals surface area (Å²) in [5.74, 6) is -0.237. The molecular formula is C21H24FNO2. The Kier molecular flexibility index (Phi) is 4.59. The van der Waals surface area contributed by atoms with Crippen LogP contribution in [0.1, 0.15) is 24.0 Å². The van der Waals surface area contributed by atoms with Crippen LogP contribution < -0.4 is 0 Å². The summed E-state index contributed by atoms with van der Waals surface area (Å²) >= 11 is 0. The van der Waals surface area contributed by atoms with E-state index in [4.69, 9.17) is 4.74 Å². The number of halogens is 1. The summed E-state index contributed by atoms with van der Waals surface area (Å²) in [4.78, 5) is 2.48. The van der Waals surface area contributed by atoms with Crippen LogP contribution in [0.15, 0.2) is 54.6 Å². The molecule has 0 aliphatic carbocycles. The molecule has 2 unspecified atom stereocenters. The Morgan fingerprint density at radius 2 is 1.60 bits per heavy atom. The summed E-state index contributed by atoms with van der Waals surface area (Å²) in [5.41, 5.74) is 1.53. The lowest BCUT2D eigenvalue weighted by Crippen LogP contribution is -2.61. The Morgan fingerprint density at radius 1 is 0.960 bits per heavy atom. The number of fused-ring (bicyclic) bond motifs is 2. The lowest BCUT2D eigenvalue weighted by atomic mass is 9.77. The zero-order valence-electron chi connectivity index (χ0n) is 14.3. The van der Waals surface area contributed by atoms with Crippen LogP contribution in [0.3, 0.4) is 0 Å². The van der Waals surface area contributed by atoms with Crippen LogP contribution in [0.25, 0.3) is 0 Å². The highest BCUT2D eigenvalue weighted by atomic mass is 19.1. The largest absolute Gasteiger partial charge is 0.389 e. The van der Waals surface area contributed by atoms with E-state index in [1.54, 1.807) is 12.1 Å². The van der Waals surface area contributed by atoms with Crippen LogP contribution in [-0.2, 0) is 17.7 Å². The van der Waals surface area contributed by atoms with Crippen LogP contribution in [-0.4, -0.2) is 40.9 Å². The molecule has 2 aromatic rings. The molecule has 132 valence electrons. The van der Waals surface area contributed by atoms with Gasteiger partial charge in [0.2, 0.25) is 0 Å². The van der Waals surface area contributed by atoms with Gasteiger partial charge in [0.1, 0.15) is 5.82 Å². The van der Waals surface area contributed by atoms with Crippen molar-refractivity contribution in [3.63, 3.8) is 0 Å². The van der Waals surface area contributed by atoms with Gasteiger partial charge in [-0.25, -0.2) is 4.39 Å². The lowest BCUT2D eigenvalue weighted by Gasteiger charge is -2.52. The molecule has 0 amide bonds. The Labute approximate surface area is 148 Å². The number of ether oxygens (including phenoxy) is 1. The molecule has 4 heteroatoms. The van der Waals surface area contributed by atoms with E-state index in [2.05, 4.69) is 29.2 Å². The molecule has 0 radical (unpaired) electrons. The number of aliphatic hydroxyl groups is 1. The van der Waals surface area contributed by atoms with Gasteiger partial charge >= 0.3 is 0 Å². The molecule has 2 aliphatic rings. The first kappa shape index (κ1) is 16.7. The van der Waals surface area contributed by atoms with Crippen molar-refractivity contribution >= 4 is 0 Å². The predicted molar refractivity (Wildman–Crippen MR) is 94.7 cm³/mol. The molecule has 25 heavy (non-hydrogen) atoms. The van der Waals surface area contributed by atoms with Gasteiger partial charge in [0.15, 0.2) is 0 Å². The summed E-state index contributed by atoms with van der Waals surface area (Å²) in [6.45, 7) is 2.22. The molecule has 0 aromatic heterocycles. The Bertz CT molecular complexity index is 690. The van der Waals surface area contributed by atoms with Gasteiger partial charge in [-0.3, -0.25) is 4.90 Å². The quantitative estimate of drug-likeness (QED) is 0.927. The zero-order chi connectivity index (χ0) is 17.3. The van der Waals surface area contributed by atoms with Crippen LogP contribution in [0.4, 0.5) is 4.39 Å². The van der Waals surface area contributed by atoms with Crippen LogP contribution >= 0.6 is 0 Å². The average molecular weight is 341 g/mol. The Hall–Kier alpha value is -1.75. The Balaban J connectivity index is 1.49. The van der Waals surface area contributed by atoms with E-state index in [-0.39, 0.29) is 17.9 Å². The van der Waals surface area contributed by atoms with Gasteiger partial charge in [-0.05, 0) is 36.1 Å². The summed E-state index contributed by atoms with van der Waals surface area (Å²) < 4.78 is 18.9. The van der Waals surface area contributed by atoms with E-state index < -0.39 is 5.60 Å². The van der Waals surface area contributed by atoms with E-state index in [9.17, 15) is 9.50 Å². The fourth-order valence-electron chi connectivity index (χ4n) is 4.32. The maximum absolute atomic E-state index is 13.1. The van der Waals surface area contributed by atoms with Gasteiger partial charge in [-0.1, -0.05) is 42.5 Å². The molecule has 2 aromatic carbocycles. The first-order valence-corrected chi connectivity index (χ1v) is 8.96. The van der Waals surface area contributed by atoms with E-state index in [0.29, 0.717) is 32.5 Å². The van der Waals surface area contributed by atoms with Gasteiger partial charge in [0.05, 0.1) is 18.8 Å². The average Bonchev–Trinajstić information content (AvgIpc) is 2.59. The summed E-state index contributed by atoms with van der Waals surface area (Å²) in [6.07, 6.45) is 1.95. The molecule has 2 aliphatic heterocycles. The van der Waals surface area contributed by atoms with Crippen molar-refractivity contribution in [2.24, 2.45) is 0 Å². The van der Waals surface area contributed by atoms with Crippen molar-refractivity contribution in [1.82, 2.24) is 4.90 Å². The van der Waals surface area contributed by atoms with Crippen LogP contribution in [0, 0.1) is 5.82 Å². The van der Waals surface area contributed by atoms with Crippen molar-refractivity contribution < 1.29 is 14.2 Å². The molecule has 2 saturated heterocycles. The fourth-order valence-corrected chi connectivity index (χ4v) is 4.32. The third-order valence-electron chi connectivity index (χ3n) is 5.44. The monoisotopic (exact) mass is 341 g/mol. The standard InChI is InChI=1S/C21H24FNO2/c22-18-8-6-16(7-9-18)10-21(24)11-19-14-25-15-20(12-21)23(19)13-17-4-2-1-3-5-17/h1-9,19-20,24H,10-15H2. The second kappa shape index (κ2) is 6.87. The van der Waals surface area contributed by atoms with Crippen molar-refractivity contribution in [3.05, 3.63) is 71.5 Å². The van der Waals surface area contributed by atoms with Gasteiger partial charge in [0, 0.05) is 25.0 Å². The third kappa shape index (κ3) is 3.76. The second-order valence-corrected chi connectivity index (χ2v) is 7.44. The normalized spacial score (nSPS) is 29.5. The van der Waals surface area contributed by atoms with Crippen LogP contribution in [0.5, 0.6) is 0 Å². The minimum absolute atomic E-state index is 0.221. The maximum Gasteiger partial charge on any atom is 0.123 e. The van der Waals surface area contributed by atoms with Crippen molar-refractivity contribution in [2.75, 3.05) is 13.2 Å². The molecule has 2 heterocycles. The molecule has 2 bridgehead atoms. The van der Waals surface area contributed by atoms with E-state index in [1.807, 2.05) is 6.07 Å². The smallest absolute Gasteiger partial charge is 0.123 e. The summed E-state index contributed by atoms with van der Waals surface area (Å²) in [5, 5.41) is 11.2. The number of rotatable bonds is 4. The Morgan fingerprint density at radius 3 is 2.24 bits per heavy atom. The van der Waals surface area contributed by atoms with Gasteiger partial charge < -0.3 is 9.84 Å². The van der Waals surface area contributed by atoms with Crippen molar-refractivity contribution in [3.8, 4) is 0 Å². The maximum atomic E-state index is 13.1. The van der Waals surface area contributed by atoms with Gasteiger partial charge in [-0.15, -0.1) is 0 Å². The van der Waals surface area contributed by atoms with E-state index in [1.165, 1.54) is 17.7 Å². The predicted octanol–water partition coefficient (Wildman–Crippen LogP) is 3.16. The number of morpholine rings is 1. The molecule has 0 saturated carbocycles. The lowest BCUT2D eigenvalue weighted by molar-refractivity contribution is -0.145. The molecule has 2 fully saturated rings. The summed E-state index contributed by atoms with van der Waals surface area (Å²) in [7, 11) is 0. The fraction of sp³-hybridized carbons (Fsp3) is 0.429. The molecule has 3 nitrogen and oxygen atoms in total. The number of hydrogen-bond donors (Lipinski definition) is 1.